The van der Waals surface area contributed by atoms with E-state index in [0.29, 0.717) is 12.1 Å². The second-order valence-electron chi connectivity index (χ2n) is 5.02. The molecular weight excluding hydrogens is 380 g/mol. The van der Waals surface area contributed by atoms with E-state index in [4.69, 9.17) is 27.6 Å². The van der Waals surface area contributed by atoms with Crippen LogP contribution in [0.25, 0.3) is 22.6 Å². The maximum absolute atomic E-state index is 14.4. The quantitative estimate of drug-likeness (QED) is 0.639. The standard InChI is InChI=1S/C16H9Cl2F3N2O2/c1-2-23-13(12-10(20)3-7(19)4-11(12)21)8(5-9(17)16(23)24)14-15(18)22-6-25-14/h3-6H,2H2,1H3. The van der Waals surface area contributed by atoms with Gasteiger partial charge in [0.2, 0.25) is 0 Å². The van der Waals surface area contributed by atoms with Gasteiger partial charge in [0.15, 0.2) is 17.3 Å². The third kappa shape index (κ3) is 2.94. The van der Waals surface area contributed by atoms with Crippen LogP contribution in [0, 0.1) is 17.5 Å². The number of benzene rings is 1. The van der Waals surface area contributed by atoms with Crippen molar-refractivity contribution < 1.29 is 17.6 Å². The SMILES string of the molecule is CCn1c(-c2c(F)cc(F)cc2F)c(-c2ocnc2Cl)cc(Cl)c1=O. The number of pyridine rings is 1. The van der Waals surface area contributed by atoms with Crippen molar-refractivity contribution in [3.8, 4) is 22.6 Å². The van der Waals surface area contributed by atoms with Crippen LogP contribution in [-0.4, -0.2) is 9.55 Å². The lowest BCUT2D eigenvalue weighted by Gasteiger charge is -2.17. The molecule has 3 rings (SSSR count). The van der Waals surface area contributed by atoms with Crippen molar-refractivity contribution in [1.82, 2.24) is 9.55 Å². The highest BCUT2D eigenvalue weighted by Crippen LogP contribution is 2.38. The van der Waals surface area contributed by atoms with Crippen molar-refractivity contribution in [2.75, 3.05) is 0 Å². The van der Waals surface area contributed by atoms with Gasteiger partial charge >= 0.3 is 0 Å². The van der Waals surface area contributed by atoms with Crippen LogP contribution in [0.15, 0.2) is 33.8 Å². The summed E-state index contributed by atoms with van der Waals surface area (Å²) in [6, 6.07) is 2.21. The number of nitrogens with zero attached hydrogens (tertiary/aromatic N) is 2. The van der Waals surface area contributed by atoms with Gasteiger partial charge < -0.3 is 8.98 Å². The Labute approximate surface area is 149 Å². The molecule has 2 heterocycles. The molecule has 0 unspecified atom stereocenters. The number of hydrogen-bond donors (Lipinski definition) is 0. The zero-order valence-electron chi connectivity index (χ0n) is 12.6. The van der Waals surface area contributed by atoms with E-state index in [1.54, 1.807) is 6.92 Å². The molecule has 0 spiro atoms. The van der Waals surface area contributed by atoms with Crippen molar-refractivity contribution in [1.29, 1.82) is 0 Å². The maximum Gasteiger partial charge on any atom is 0.269 e. The van der Waals surface area contributed by atoms with Crippen LogP contribution >= 0.6 is 23.2 Å². The lowest BCUT2D eigenvalue weighted by atomic mass is 10.0. The highest BCUT2D eigenvalue weighted by Gasteiger charge is 2.25. The molecule has 1 aromatic carbocycles. The summed E-state index contributed by atoms with van der Waals surface area (Å²) in [5, 5.41) is -0.280. The van der Waals surface area contributed by atoms with Crippen LogP contribution in [0.1, 0.15) is 6.92 Å². The predicted octanol–water partition coefficient (Wildman–Crippen LogP) is 4.91. The van der Waals surface area contributed by atoms with Gasteiger partial charge in [-0.1, -0.05) is 23.2 Å². The van der Waals surface area contributed by atoms with Crippen LogP contribution in [0.2, 0.25) is 10.2 Å². The van der Waals surface area contributed by atoms with E-state index in [0.717, 1.165) is 11.0 Å². The highest BCUT2D eigenvalue weighted by atomic mass is 35.5. The van der Waals surface area contributed by atoms with Gasteiger partial charge in [-0.25, -0.2) is 18.2 Å². The smallest absolute Gasteiger partial charge is 0.269 e. The monoisotopic (exact) mass is 388 g/mol. The van der Waals surface area contributed by atoms with E-state index in [-0.39, 0.29) is 33.7 Å². The molecule has 3 aromatic rings. The molecule has 130 valence electrons. The Kier molecular flexibility index (Phi) is 4.62. The van der Waals surface area contributed by atoms with E-state index in [9.17, 15) is 18.0 Å². The molecule has 0 amide bonds. The zero-order valence-corrected chi connectivity index (χ0v) is 14.1. The summed E-state index contributed by atoms with van der Waals surface area (Å²) in [6.07, 6.45) is 1.04. The summed E-state index contributed by atoms with van der Waals surface area (Å²) < 4.78 is 48.2. The lowest BCUT2D eigenvalue weighted by molar-refractivity contribution is 0.544. The molecule has 0 atom stereocenters. The first-order valence-corrected chi connectivity index (χ1v) is 7.78. The summed E-state index contributed by atoms with van der Waals surface area (Å²) in [5.74, 6) is -3.47. The lowest BCUT2D eigenvalue weighted by Crippen LogP contribution is -2.23. The first-order chi connectivity index (χ1) is 11.8. The highest BCUT2D eigenvalue weighted by molar-refractivity contribution is 6.32. The molecule has 0 aliphatic heterocycles. The fourth-order valence-corrected chi connectivity index (χ4v) is 2.95. The van der Waals surface area contributed by atoms with Crippen LogP contribution in [0.3, 0.4) is 0 Å². The van der Waals surface area contributed by atoms with Crippen LogP contribution < -0.4 is 5.56 Å². The van der Waals surface area contributed by atoms with Crippen molar-refractivity contribution in [2.45, 2.75) is 13.5 Å². The molecule has 0 radical (unpaired) electrons. The van der Waals surface area contributed by atoms with Gasteiger partial charge in [0, 0.05) is 24.2 Å². The second kappa shape index (κ2) is 6.57. The fourth-order valence-electron chi connectivity index (χ4n) is 2.55. The van der Waals surface area contributed by atoms with Crippen molar-refractivity contribution in [3.63, 3.8) is 0 Å². The van der Waals surface area contributed by atoms with Crippen molar-refractivity contribution in [3.05, 3.63) is 62.6 Å². The van der Waals surface area contributed by atoms with Crippen LogP contribution in [-0.2, 0) is 6.54 Å². The van der Waals surface area contributed by atoms with E-state index in [1.165, 1.54) is 6.07 Å². The van der Waals surface area contributed by atoms with Gasteiger partial charge in [-0.15, -0.1) is 0 Å². The number of oxazole rings is 1. The van der Waals surface area contributed by atoms with E-state index in [1.807, 2.05) is 0 Å². The molecule has 2 aromatic heterocycles. The Bertz CT molecular complexity index is 1010. The van der Waals surface area contributed by atoms with Gasteiger partial charge in [0.25, 0.3) is 5.56 Å². The molecular formula is C16H9Cl2F3N2O2. The molecule has 0 bridgehead atoms. The molecule has 0 saturated carbocycles. The van der Waals surface area contributed by atoms with Gasteiger partial charge in [0.05, 0.1) is 11.3 Å². The second-order valence-corrected chi connectivity index (χ2v) is 5.79. The maximum atomic E-state index is 14.4. The fraction of sp³-hybridized carbons (Fsp3) is 0.125. The summed E-state index contributed by atoms with van der Waals surface area (Å²) in [6.45, 7) is 1.63. The number of hydrogen-bond acceptors (Lipinski definition) is 3. The molecule has 0 aliphatic rings. The number of aromatic nitrogens is 2. The molecule has 25 heavy (non-hydrogen) atoms. The predicted molar refractivity (Wildman–Crippen MR) is 87.2 cm³/mol. The molecule has 0 fully saturated rings. The normalized spacial score (nSPS) is 11.1. The van der Waals surface area contributed by atoms with E-state index in [2.05, 4.69) is 4.98 Å². The topological polar surface area (TPSA) is 48.0 Å². The van der Waals surface area contributed by atoms with Crippen molar-refractivity contribution >= 4 is 23.2 Å². The minimum Gasteiger partial charge on any atom is -0.442 e. The molecule has 4 nitrogen and oxygen atoms in total. The van der Waals surface area contributed by atoms with Gasteiger partial charge in [0.1, 0.15) is 22.5 Å². The minimum atomic E-state index is -1.18. The first kappa shape index (κ1) is 17.6. The van der Waals surface area contributed by atoms with E-state index < -0.39 is 28.6 Å². The number of rotatable bonds is 3. The third-order valence-corrected chi connectivity index (χ3v) is 4.11. The Morgan fingerprint density at radius 3 is 2.32 bits per heavy atom. The largest absolute Gasteiger partial charge is 0.442 e. The first-order valence-electron chi connectivity index (χ1n) is 7.02. The van der Waals surface area contributed by atoms with Gasteiger partial charge in [-0.3, -0.25) is 4.79 Å². The molecule has 0 aliphatic carbocycles. The minimum absolute atomic E-state index is 0.0242. The Morgan fingerprint density at radius 1 is 1.16 bits per heavy atom. The third-order valence-electron chi connectivity index (χ3n) is 3.57. The summed E-state index contributed by atoms with van der Waals surface area (Å²) in [5.41, 5.74) is -1.38. The van der Waals surface area contributed by atoms with Crippen molar-refractivity contribution in [2.24, 2.45) is 0 Å². The average molecular weight is 389 g/mol. The van der Waals surface area contributed by atoms with Gasteiger partial charge in [-0.05, 0) is 13.0 Å². The average Bonchev–Trinajstić information content (AvgIpc) is 2.95. The van der Waals surface area contributed by atoms with Crippen LogP contribution in [0.4, 0.5) is 13.2 Å². The Balaban J connectivity index is 2.50. The summed E-state index contributed by atoms with van der Waals surface area (Å²) >= 11 is 11.9. The molecule has 0 N–H and O–H groups in total. The summed E-state index contributed by atoms with van der Waals surface area (Å²) in [4.78, 5) is 16.0. The van der Waals surface area contributed by atoms with E-state index >= 15 is 0 Å². The molecule has 0 saturated heterocycles. The Hall–Kier alpha value is -2.25. The van der Waals surface area contributed by atoms with Crippen LogP contribution in [0.5, 0.6) is 0 Å². The van der Waals surface area contributed by atoms with Gasteiger partial charge in [-0.2, -0.15) is 0 Å². The molecule has 9 heteroatoms. The zero-order chi connectivity index (χ0) is 18.3. The summed E-state index contributed by atoms with van der Waals surface area (Å²) in [7, 11) is 0. The Morgan fingerprint density at radius 2 is 1.80 bits per heavy atom. The number of halogens is 5.